The van der Waals surface area contributed by atoms with E-state index in [0.29, 0.717) is 30.1 Å². The largest absolute Gasteiger partial charge is 0.370 e. The molecule has 2 heterocycles. The lowest BCUT2D eigenvalue weighted by Crippen LogP contribution is -2.41. The van der Waals surface area contributed by atoms with Crippen LogP contribution in [0.5, 0.6) is 0 Å². The van der Waals surface area contributed by atoms with Crippen molar-refractivity contribution in [2.45, 2.75) is 38.3 Å². The number of rotatable bonds is 5. The second-order valence-corrected chi connectivity index (χ2v) is 7.52. The highest BCUT2D eigenvalue weighted by molar-refractivity contribution is 6.33. The number of hydrogen-bond acceptors (Lipinski definition) is 4. The molecule has 2 aliphatic rings. The van der Waals surface area contributed by atoms with E-state index >= 15 is 0 Å². The summed E-state index contributed by atoms with van der Waals surface area (Å²) in [5.41, 5.74) is 1.56. The number of likely N-dealkylation sites (tertiary alicyclic amines) is 1. The predicted molar refractivity (Wildman–Crippen MR) is 104 cm³/mol. The van der Waals surface area contributed by atoms with Gasteiger partial charge in [-0.2, -0.15) is 0 Å². The first-order valence-corrected chi connectivity index (χ1v) is 9.70. The van der Waals surface area contributed by atoms with Crippen molar-refractivity contribution < 1.29 is 9.59 Å². The molecule has 0 aromatic heterocycles. The maximum atomic E-state index is 12.6. The van der Waals surface area contributed by atoms with Crippen molar-refractivity contribution in [3.05, 3.63) is 28.8 Å². The van der Waals surface area contributed by atoms with Crippen LogP contribution in [0.2, 0.25) is 5.02 Å². The second-order valence-electron chi connectivity index (χ2n) is 7.12. The molecule has 0 radical (unpaired) electrons. The van der Waals surface area contributed by atoms with Gasteiger partial charge in [-0.05, 0) is 51.4 Å². The third-order valence-electron chi connectivity index (χ3n) is 5.19. The first-order chi connectivity index (χ1) is 12.5. The molecule has 1 aromatic carbocycles. The van der Waals surface area contributed by atoms with Crippen LogP contribution in [0.3, 0.4) is 0 Å². The summed E-state index contributed by atoms with van der Waals surface area (Å²) in [4.78, 5) is 28.9. The Kier molecular flexibility index (Phi) is 6.04. The fraction of sp³-hybridized carbons (Fsp3) is 0.579. The molecule has 6 nitrogen and oxygen atoms in total. The molecular weight excluding hydrogens is 352 g/mol. The number of anilines is 1. The number of hydrogen-bond donors (Lipinski definition) is 2. The van der Waals surface area contributed by atoms with Crippen LogP contribution >= 0.6 is 11.6 Å². The molecule has 2 saturated heterocycles. The van der Waals surface area contributed by atoms with Crippen molar-refractivity contribution in [2.24, 2.45) is 0 Å². The van der Waals surface area contributed by atoms with Crippen molar-refractivity contribution in [1.82, 2.24) is 15.5 Å². The molecule has 2 unspecified atom stereocenters. The minimum Gasteiger partial charge on any atom is -0.370 e. The van der Waals surface area contributed by atoms with Gasteiger partial charge in [-0.1, -0.05) is 11.6 Å². The standard InChI is InChI=1S/C19H27ClN4O2/c1-3-21-19(26)17-11-14(12-23(17)2)22-18(25)13-6-7-16(15(20)10-13)24-8-4-5-9-24/h6-7,10,14,17H,3-5,8-9,11-12H2,1-2H3,(H,21,26)(H,22,25). The van der Waals surface area contributed by atoms with Gasteiger partial charge in [0.15, 0.2) is 0 Å². The van der Waals surface area contributed by atoms with E-state index in [1.165, 1.54) is 12.8 Å². The molecule has 142 valence electrons. The Bertz CT molecular complexity index is 676. The van der Waals surface area contributed by atoms with Gasteiger partial charge in [0.2, 0.25) is 5.91 Å². The van der Waals surface area contributed by atoms with Crippen molar-refractivity contribution in [1.29, 1.82) is 0 Å². The fourth-order valence-electron chi connectivity index (χ4n) is 3.83. The molecule has 1 aromatic rings. The molecule has 2 atom stereocenters. The molecule has 0 aliphatic carbocycles. The van der Waals surface area contributed by atoms with Gasteiger partial charge in [0.05, 0.1) is 16.8 Å². The minimum absolute atomic E-state index is 0.0183. The van der Waals surface area contributed by atoms with Crippen LogP contribution in [0, 0.1) is 0 Å². The molecule has 2 fully saturated rings. The maximum absolute atomic E-state index is 12.6. The predicted octanol–water partition coefficient (Wildman–Crippen LogP) is 1.88. The van der Waals surface area contributed by atoms with Crippen LogP contribution < -0.4 is 15.5 Å². The van der Waals surface area contributed by atoms with Gasteiger partial charge in [0, 0.05) is 37.8 Å². The average Bonchev–Trinajstić information content (AvgIpc) is 3.25. The van der Waals surface area contributed by atoms with Crippen LogP contribution in [0.25, 0.3) is 0 Å². The topological polar surface area (TPSA) is 64.7 Å². The zero-order valence-corrected chi connectivity index (χ0v) is 16.2. The fourth-order valence-corrected chi connectivity index (χ4v) is 4.13. The highest BCUT2D eigenvalue weighted by Crippen LogP contribution is 2.29. The maximum Gasteiger partial charge on any atom is 0.251 e. The number of carbonyl (C=O) groups excluding carboxylic acids is 2. The lowest BCUT2D eigenvalue weighted by atomic mass is 10.1. The lowest BCUT2D eigenvalue weighted by molar-refractivity contribution is -0.124. The number of amides is 2. The van der Waals surface area contributed by atoms with Crippen LogP contribution in [0.4, 0.5) is 5.69 Å². The molecule has 2 aliphatic heterocycles. The number of carbonyl (C=O) groups is 2. The van der Waals surface area contributed by atoms with Crippen LogP contribution in [-0.2, 0) is 4.79 Å². The number of nitrogens with zero attached hydrogens (tertiary/aromatic N) is 2. The molecule has 0 bridgehead atoms. The Labute approximate surface area is 159 Å². The summed E-state index contributed by atoms with van der Waals surface area (Å²) in [7, 11) is 1.91. The first-order valence-electron chi connectivity index (χ1n) is 9.33. The molecule has 3 rings (SSSR count). The summed E-state index contributed by atoms with van der Waals surface area (Å²) < 4.78 is 0. The highest BCUT2D eigenvalue weighted by Gasteiger charge is 2.35. The summed E-state index contributed by atoms with van der Waals surface area (Å²) in [5, 5.41) is 6.50. The van der Waals surface area contributed by atoms with E-state index in [-0.39, 0.29) is 23.9 Å². The van der Waals surface area contributed by atoms with Crippen LogP contribution in [-0.4, -0.2) is 62.0 Å². The van der Waals surface area contributed by atoms with Gasteiger partial charge in [-0.3, -0.25) is 14.5 Å². The van der Waals surface area contributed by atoms with E-state index in [1.54, 1.807) is 6.07 Å². The van der Waals surface area contributed by atoms with Gasteiger partial charge in [-0.25, -0.2) is 0 Å². The highest BCUT2D eigenvalue weighted by atomic mass is 35.5. The number of benzene rings is 1. The normalized spacial score (nSPS) is 23.3. The summed E-state index contributed by atoms with van der Waals surface area (Å²) in [6.45, 7) is 5.21. The van der Waals surface area contributed by atoms with E-state index in [2.05, 4.69) is 15.5 Å². The van der Waals surface area contributed by atoms with Crippen molar-refractivity contribution in [3.63, 3.8) is 0 Å². The van der Waals surface area contributed by atoms with Crippen molar-refractivity contribution >= 4 is 29.1 Å². The molecule has 2 amide bonds. The Balaban J connectivity index is 1.61. The second kappa shape index (κ2) is 8.27. The Morgan fingerprint density at radius 2 is 2.00 bits per heavy atom. The summed E-state index contributed by atoms with van der Waals surface area (Å²) in [6.07, 6.45) is 2.98. The van der Waals surface area contributed by atoms with E-state index < -0.39 is 0 Å². The van der Waals surface area contributed by atoms with E-state index in [1.807, 2.05) is 31.0 Å². The Hall–Kier alpha value is -1.79. The molecule has 0 saturated carbocycles. The number of halogens is 1. The third kappa shape index (κ3) is 4.13. The number of nitrogens with one attached hydrogen (secondary N) is 2. The lowest BCUT2D eigenvalue weighted by Gasteiger charge is -2.20. The van der Waals surface area contributed by atoms with Crippen molar-refractivity contribution in [3.8, 4) is 0 Å². The Morgan fingerprint density at radius 1 is 1.27 bits per heavy atom. The third-order valence-corrected chi connectivity index (χ3v) is 5.50. The van der Waals surface area contributed by atoms with E-state index in [4.69, 9.17) is 11.6 Å². The molecule has 2 N–H and O–H groups in total. The summed E-state index contributed by atoms with van der Waals surface area (Å²) in [5.74, 6) is -0.125. The average molecular weight is 379 g/mol. The smallest absolute Gasteiger partial charge is 0.251 e. The summed E-state index contributed by atoms with van der Waals surface area (Å²) in [6, 6.07) is 5.26. The van der Waals surface area contributed by atoms with Gasteiger partial charge < -0.3 is 15.5 Å². The monoisotopic (exact) mass is 378 g/mol. The number of likely N-dealkylation sites (N-methyl/N-ethyl adjacent to an activating group) is 2. The van der Waals surface area contributed by atoms with E-state index in [9.17, 15) is 9.59 Å². The van der Waals surface area contributed by atoms with Crippen molar-refractivity contribution in [2.75, 3.05) is 38.1 Å². The zero-order valence-electron chi connectivity index (χ0n) is 15.4. The van der Waals surface area contributed by atoms with Gasteiger partial charge in [0.1, 0.15) is 0 Å². The molecular formula is C19H27ClN4O2. The van der Waals surface area contributed by atoms with Crippen LogP contribution in [0.15, 0.2) is 18.2 Å². The molecule has 0 spiro atoms. The van der Waals surface area contributed by atoms with Gasteiger partial charge in [-0.15, -0.1) is 0 Å². The first kappa shape index (κ1) is 19.0. The molecule has 7 heteroatoms. The Morgan fingerprint density at radius 3 is 2.65 bits per heavy atom. The van der Waals surface area contributed by atoms with Crippen LogP contribution in [0.1, 0.15) is 36.5 Å². The summed E-state index contributed by atoms with van der Waals surface area (Å²) >= 11 is 6.41. The minimum atomic E-state index is -0.193. The zero-order chi connectivity index (χ0) is 18.7. The van der Waals surface area contributed by atoms with Gasteiger partial charge >= 0.3 is 0 Å². The van der Waals surface area contributed by atoms with Gasteiger partial charge in [0.25, 0.3) is 5.91 Å². The molecule has 26 heavy (non-hydrogen) atoms. The SMILES string of the molecule is CCNC(=O)C1CC(NC(=O)c2ccc(N3CCCC3)c(Cl)c2)CN1C. The quantitative estimate of drug-likeness (QED) is 0.821. The van der Waals surface area contributed by atoms with E-state index in [0.717, 1.165) is 18.8 Å².